The monoisotopic (exact) mass is 443 g/mol. The number of rotatable bonds is 8. The third kappa shape index (κ3) is 6.83. The Labute approximate surface area is 191 Å². The number of benzene rings is 1. The summed E-state index contributed by atoms with van der Waals surface area (Å²) in [6.45, 7) is 12.5. The van der Waals surface area contributed by atoms with Gasteiger partial charge in [-0.05, 0) is 63.3 Å². The lowest BCUT2D eigenvalue weighted by Gasteiger charge is -2.47. The Hall–Kier alpha value is -2.34. The molecule has 1 amide bonds. The molecule has 32 heavy (non-hydrogen) atoms. The number of amides is 1. The third-order valence-electron chi connectivity index (χ3n) is 6.35. The molecule has 8 heteroatoms. The van der Waals surface area contributed by atoms with E-state index in [-0.39, 0.29) is 11.6 Å². The Bertz CT molecular complexity index is 787. The predicted octanol–water partition coefficient (Wildman–Crippen LogP) is 2.30. The molecule has 3 rings (SSSR count). The lowest BCUT2D eigenvalue weighted by Crippen LogP contribution is -2.56. The molecule has 0 radical (unpaired) electrons. The number of nitrogens with two attached hydrogens (primary N) is 1. The Morgan fingerprint density at radius 2 is 1.81 bits per heavy atom. The van der Waals surface area contributed by atoms with Gasteiger partial charge in [-0.25, -0.2) is 4.79 Å². The second-order valence-electron chi connectivity index (χ2n) is 10.3. The first-order valence-corrected chi connectivity index (χ1v) is 11.5. The molecule has 3 unspecified atom stereocenters. The first kappa shape index (κ1) is 24.3. The van der Waals surface area contributed by atoms with Crippen LogP contribution in [0.25, 0.3) is 0 Å². The van der Waals surface area contributed by atoms with Crippen LogP contribution in [0.3, 0.4) is 0 Å². The molecule has 0 saturated carbocycles. The van der Waals surface area contributed by atoms with E-state index in [4.69, 9.17) is 15.7 Å². The highest BCUT2D eigenvalue weighted by Crippen LogP contribution is 2.28. The highest BCUT2D eigenvalue weighted by molar-refractivity contribution is 5.65. The standard InChI is InChI=1S/C24H37N5O3/c1-24(2,3)29(23(30)31)9-8-27-12-19-10-20(13-27)15-28(14-19)16-21(26)17-32-22-6-4-18(11-25)5-7-22/h4-7,19-21H,8-10,12-17,26H2,1-3H3,(H,30,31). The van der Waals surface area contributed by atoms with E-state index in [0.717, 1.165) is 45.0 Å². The topological polar surface area (TPSA) is 106 Å². The highest BCUT2D eigenvalue weighted by Gasteiger charge is 2.35. The van der Waals surface area contributed by atoms with E-state index in [1.165, 1.54) is 11.3 Å². The lowest BCUT2D eigenvalue weighted by atomic mass is 9.84. The second kappa shape index (κ2) is 10.5. The fourth-order valence-corrected chi connectivity index (χ4v) is 5.00. The second-order valence-corrected chi connectivity index (χ2v) is 10.3. The summed E-state index contributed by atoms with van der Waals surface area (Å²) in [7, 11) is 0. The number of carbonyl (C=O) groups is 1. The number of carboxylic acid groups (broad SMARTS) is 1. The van der Waals surface area contributed by atoms with Crippen molar-refractivity contribution in [2.45, 2.75) is 38.8 Å². The molecular weight excluding hydrogens is 406 g/mol. The quantitative estimate of drug-likeness (QED) is 0.635. The summed E-state index contributed by atoms with van der Waals surface area (Å²) >= 11 is 0. The zero-order valence-corrected chi connectivity index (χ0v) is 19.5. The summed E-state index contributed by atoms with van der Waals surface area (Å²) in [6.07, 6.45) is 0.393. The molecule has 2 heterocycles. The lowest BCUT2D eigenvalue weighted by molar-refractivity contribution is 0.0187. The van der Waals surface area contributed by atoms with Crippen LogP contribution in [0.15, 0.2) is 24.3 Å². The van der Waals surface area contributed by atoms with Gasteiger partial charge in [-0.2, -0.15) is 5.26 Å². The Morgan fingerprint density at radius 3 is 2.34 bits per heavy atom. The zero-order chi connectivity index (χ0) is 23.3. The van der Waals surface area contributed by atoms with Crippen LogP contribution in [-0.2, 0) is 0 Å². The average Bonchev–Trinajstić information content (AvgIpc) is 2.71. The molecule has 1 aromatic carbocycles. The molecule has 176 valence electrons. The molecule has 1 aromatic rings. The Kier molecular flexibility index (Phi) is 7.99. The Balaban J connectivity index is 1.42. The Morgan fingerprint density at radius 1 is 1.22 bits per heavy atom. The van der Waals surface area contributed by atoms with Gasteiger partial charge in [0.2, 0.25) is 0 Å². The van der Waals surface area contributed by atoms with Crippen molar-refractivity contribution >= 4 is 6.09 Å². The molecule has 2 bridgehead atoms. The molecule has 0 aromatic heterocycles. The van der Waals surface area contributed by atoms with Gasteiger partial charge in [0.25, 0.3) is 0 Å². The maximum absolute atomic E-state index is 11.6. The largest absolute Gasteiger partial charge is 0.492 e. The van der Waals surface area contributed by atoms with Crippen molar-refractivity contribution in [3.05, 3.63) is 29.8 Å². The highest BCUT2D eigenvalue weighted by atomic mass is 16.5. The van der Waals surface area contributed by atoms with Gasteiger partial charge in [-0.15, -0.1) is 0 Å². The molecule has 3 N–H and O–H groups in total. The van der Waals surface area contributed by atoms with E-state index in [1.807, 2.05) is 20.8 Å². The minimum Gasteiger partial charge on any atom is -0.492 e. The fourth-order valence-electron chi connectivity index (χ4n) is 5.00. The molecule has 0 spiro atoms. The number of likely N-dealkylation sites (tertiary alicyclic amines) is 2. The first-order valence-electron chi connectivity index (χ1n) is 11.5. The summed E-state index contributed by atoms with van der Waals surface area (Å²) in [6, 6.07) is 9.12. The molecule has 2 fully saturated rings. The van der Waals surface area contributed by atoms with Crippen LogP contribution in [-0.4, -0.2) is 89.9 Å². The van der Waals surface area contributed by atoms with Crippen LogP contribution < -0.4 is 10.5 Å². The van der Waals surface area contributed by atoms with Crippen molar-refractivity contribution in [1.82, 2.24) is 14.7 Å². The van der Waals surface area contributed by atoms with Crippen LogP contribution in [0, 0.1) is 23.2 Å². The van der Waals surface area contributed by atoms with Gasteiger partial charge in [0.15, 0.2) is 0 Å². The minimum atomic E-state index is -0.849. The van der Waals surface area contributed by atoms with Crippen molar-refractivity contribution in [1.29, 1.82) is 5.26 Å². The van der Waals surface area contributed by atoms with Crippen molar-refractivity contribution in [3.63, 3.8) is 0 Å². The van der Waals surface area contributed by atoms with Crippen molar-refractivity contribution < 1.29 is 14.6 Å². The zero-order valence-electron chi connectivity index (χ0n) is 19.5. The maximum atomic E-state index is 11.6. The van der Waals surface area contributed by atoms with Crippen molar-refractivity contribution in [2.75, 3.05) is 52.4 Å². The van der Waals surface area contributed by atoms with Crippen LogP contribution in [0.1, 0.15) is 32.8 Å². The van der Waals surface area contributed by atoms with E-state index < -0.39 is 6.09 Å². The van der Waals surface area contributed by atoms with Gasteiger partial charge in [-0.1, -0.05) is 0 Å². The minimum absolute atomic E-state index is 0.0727. The number of nitriles is 1. The molecule has 2 aliphatic heterocycles. The van der Waals surface area contributed by atoms with E-state index in [0.29, 0.717) is 30.6 Å². The molecule has 0 aliphatic carbocycles. The normalized spacial score (nSPS) is 22.7. The summed E-state index contributed by atoms with van der Waals surface area (Å²) < 4.78 is 5.80. The third-order valence-corrected chi connectivity index (χ3v) is 6.35. The first-order chi connectivity index (χ1) is 15.1. The summed E-state index contributed by atoms with van der Waals surface area (Å²) in [5.41, 5.74) is 6.58. The van der Waals surface area contributed by atoms with Crippen LogP contribution in [0.2, 0.25) is 0 Å². The molecular formula is C24H37N5O3. The number of fused-ring (bicyclic) bond motifs is 2. The van der Waals surface area contributed by atoms with E-state index in [2.05, 4.69) is 15.9 Å². The number of hydrogen-bond donors (Lipinski definition) is 2. The molecule has 2 aliphatic rings. The van der Waals surface area contributed by atoms with E-state index in [1.54, 1.807) is 24.3 Å². The summed E-state index contributed by atoms with van der Waals surface area (Å²) in [4.78, 5) is 18.0. The molecule has 2 saturated heterocycles. The van der Waals surface area contributed by atoms with Gasteiger partial charge >= 0.3 is 6.09 Å². The number of ether oxygens (including phenoxy) is 1. The van der Waals surface area contributed by atoms with Crippen LogP contribution in [0.4, 0.5) is 4.79 Å². The van der Waals surface area contributed by atoms with Gasteiger partial charge in [-0.3, -0.25) is 0 Å². The number of hydrogen-bond acceptors (Lipinski definition) is 6. The number of nitrogens with zero attached hydrogens (tertiary/aromatic N) is 4. The predicted molar refractivity (Wildman–Crippen MR) is 124 cm³/mol. The van der Waals surface area contributed by atoms with Gasteiger partial charge in [0.05, 0.1) is 17.7 Å². The molecule has 3 atom stereocenters. The van der Waals surface area contributed by atoms with E-state index >= 15 is 0 Å². The SMILES string of the molecule is CC(C)(C)N(CCN1CC2CC(C1)CN(CC(N)COc1ccc(C#N)cc1)C2)C(=O)O. The number of piperidine rings is 2. The molecule has 8 nitrogen and oxygen atoms in total. The van der Waals surface area contributed by atoms with Crippen molar-refractivity contribution in [2.24, 2.45) is 17.6 Å². The van der Waals surface area contributed by atoms with Gasteiger partial charge < -0.3 is 30.3 Å². The van der Waals surface area contributed by atoms with Crippen molar-refractivity contribution in [3.8, 4) is 11.8 Å². The average molecular weight is 444 g/mol. The van der Waals surface area contributed by atoms with Crippen LogP contribution in [0.5, 0.6) is 5.75 Å². The summed E-state index contributed by atoms with van der Waals surface area (Å²) in [5, 5.41) is 18.4. The maximum Gasteiger partial charge on any atom is 0.407 e. The van der Waals surface area contributed by atoms with Crippen LogP contribution >= 0.6 is 0 Å². The fraction of sp³-hybridized carbons (Fsp3) is 0.667. The van der Waals surface area contributed by atoms with Gasteiger partial charge in [0.1, 0.15) is 12.4 Å². The van der Waals surface area contributed by atoms with E-state index in [9.17, 15) is 9.90 Å². The summed E-state index contributed by atoms with van der Waals surface area (Å²) in [5.74, 6) is 1.93. The van der Waals surface area contributed by atoms with Gasteiger partial charge in [0, 0.05) is 51.4 Å². The smallest absolute Gasteiger partial charge is 0.407 e.